The minimum atomic E-state index is 0.163. The summed E-state index contributed by atoms with van der Waals surface area (Å²) >= 11 is 0. The van der Waals surface area contributed by atoms with E-state index in [-0.39, 0.29) is 5.91 Å². The second-order valence-corrected chi connectivity index (χ2v) is 5.78. The maximum Gasteiger partial charge on any atom is 0.236 e. The van der Waals surface area contributed by atoms with Gasteiger partial charge in [-0.1, -0.05) is 19.9 Å². The van der Waals surface area contributed by atoms with Gasteiger partial charge in [0.1, 0.15) is 0 Å². The summed E-state index contributed by atoms with van der Waals surface area (Å²) in [5.41, 5.74) is 3.75. The Morgan fingerprint density at radius 3 is 2.84 bits per heavy atom. The molecule has 0 fully saturated rings. The molecule has 2 heterocycles. The van der Waals surface area contributed by atoms with Gasteiger partial charge in [-0.15, -0.1) is 0 Å². The number of carbonyl (C=O) groups is 1. The molecule has 0 aromatic carbocycles. The summed E-state index contributed by atoms with van der Waals surface area (Å²) in [4.78, 5) is 20.2. The maximum absolute atomic E-state index is 11.8. The molecule has 1 aromatic rings. The third kappa shape index (κ3) is 3.32. The molecule has 104 valence electrons. The van der Waals surface area contributed by atoms with Crippen molar-refractivity contribution in [3.05, 3.63) is 29.1 Å². The molecule has 0 saturated heterocycles. The van der Waals surface area contributed by atoms with E-state index in [0.29, 0.717) is 12.5 Å². The summed E-state index contributed by atoms with van der Waals surface area (Å²) in [5.74, 6) is 0.660. The fourth-order valence-corrected chi connectivity index (χ4v) is 2.29. The third-order valence-electron chi connectivity index (χ3n) is 3.66. The second kappa shape index (κ2) is 5.70. The molecule has 0 spiro atoms. The molecule has 0 saturated carbocycles. The molecule has 0 atom stereocenters. The molecular weight excluding hydrogens is 238 g/mol. The molecule has 0 N–H and O–H groups in total. The Bertz CT molecular complexity index is 468. The van der Waals surface area contributed by atoms with Crippen LogP contribution in [0.3, 0.4) is 0 Å². The van der Waals surface area contributed by atoms with Gasteiger partial charge in [0.05, 0.1) is 6.54 Å². The summed E-state index contributed by atoms with van der Waals surface area (Å²) < 4.78 is 0. The zero-order valence-electron chi connectivity index (χ0n) is 12.3. The maximum atomic E-state index is 11.8. The van der Waals surface area contributed by atoms with Crippen molar-refractivity contribution in [1.82, 2.24) is 14.8 Å². The van der Waals surface area contributed by atoms with E-state index in [1.807, 2.05) is 6.20 Å². The minimum Gasteiger partial charge on any atom is -0.348 e. The van der Waals surface area contributed by atoms with Gasteiger partial charge in [-0.2, -0.15) is 0 Å². The molecule has 4 nitrogen and oxygen atoms in total. The van der Waals surface area contributed by atoms with E-state index in [1.54, 1.807) is 19.0 Å². The Labute approximate surface area is 115 Å². The van der Waals surface area contributed by atoms with E-state index in [9.17, 15) is 4.79 Å². The lowest BCUT2D eigenvalue weighted by atomic mass is 9.99. The SMILES string of the molecule is CC(C)c1cnc2c(c1)CN(CC(=O)N(C)C)CC2. The van der Waals surface area contributed by atoms with Crippen LogP contribution in [0.15, 0.2) is 12.3 Å². The molecule has 1 aliphatic heterocycles. The molecule has 2 rings (SSSR count). The van der Waals surface area contributed by atoms with Crippen LogP contribution in [0.2, 0.25) is 0 Å². The molecule has 0 radical (unpaired) electrons. The Morgan fingerprint density at radius 2 is 2.21 bits per heavy atom. The largest absolute Gasteiger partial charge is 0.348 e. The van der Waals surface area contributed by atoms with Crippen LogP contribution >= 0.6 is 0 Å². The molecule has 1 aromatic heterocycles. The normalized spacial score (nSPS) is 15.4. The Hall–Kier alpha value is -1.42. The van der Waals surface area contributed by atoms with Gasteiger partial charge in [0.2, 0.25) is 5.91 Å². The van der Waals surface area contributed by atoms with Gasteiger partial charge in [-0.05, 0) is 17.0 Å². The smallest absolute Gasteiger partial charge is 0.236 e. The molecule has 4 heteroatoms. The standard InChI is InChI=1S/C15H23N3O/c1-11(2)12-7-13-9-18(10-15(19)17(3)4)6-5-14(13)16-8-12/h7-8,11H,5-6,9-10H2,1-4H3. The van der Waals surface area contributed by atoms with Crippen LogP contribution in [0.5, 0.6) is 0 Å². The number of hydrogen-bond donors (Lipinski definition) is 0. The molecule has 1 aliphatic rings. The number of nitrogens with zero attached hydrogens (tertiary/aromatic N) is 3. The Kier molecular flexibility index (Phi) is 4.20. The third-order valence-corrected chi connectivity index (χ3v) is 3.66. The number of aromatic nitrogens is 1. The van der Waals surface area contributed by atoms with E-state index >= 15 is 0 Å². The second-order valence-electron chi connectivity index (χ2n) is 5.78. The van der Waals surface area contributed by atoms with Crippen molar-refractivity contribution in [2.45, 2.75) is 32.7 Å². The Morgan fingerprint density at radius 1 is 1.47 bits per heavy atom. The number of likely N-dealkylation sites (N-methyl/N-ethyl adjacent to an activating group) is 1. The average Bonchev–Trinajstić information content (AvgIpc) is 2.37. The summed E-state index contributed by atoms with van der Waals surface area (Å²) in [7, 11) is 3.61. The van der Waals surface area contributed by atoms with Crippen LogP contribution in [0.1, 0.15) is 36.6 Å². The van der Waals surface area contributed by atoms with Gasteiger partial charge >= 0.3 is 0 Å². The fraction of sp³-hybridized carbons (Fsp3) is 0.600. The van der Waals surface area contributed by atoms with Gasteiger partial charge in [-0.3, -0.25) is 14.7 Å². The highest BCUT2D eigenvalue weighted by molar-refractivity contribution is 5.77. The first-order valence-corrected chi connectivity index (χ1v) is 6.87. The van der Waals surface area contributed by atoms with Crippen molar-refractivity contribution < 1.29 is 4.79 Å². The van der Waals surface area contributed by atoms with Crippen molar-refractivity contribution >= 4 is 5.91 Å². The van der Waals surface area contributed by atoms with Crippen LogP contribution in [0.4, 0.5) is 0 Å². The van der Waals surface area contributed by atoms with Gasteiger partial charge in [0, 0.05) is 45.5 Å². The molecule has 0 unspecified atom stereocenters. The summed E-state index contributed by atoms with van der Waals surface area (Å²) in [6.07, 6.45) is 2.93. The van der Waals surface area contributed by atoms with Crippen molar-refractivity contribution in [3.63, 3.8) is 0 Å². The van der Waals surface area contributed by atoms with Crippen molar-refractivity contribution in [2.75, 3.05) is 27.2 Å². The lowest BCUT2D eigenvalue weighted by Crippen LogP contribution is -2.39. The first kappa shape index (κ1) is 14.0. The highest BCUT2D eigenvalue weighted by Gasteiger charge is 2.20. The van der Waals surface area contributed by atoms with Crippen LogP contribution in [-0.2, 0) is 17.8 Å². The zero-order chi connectivity index (χ0) is 14.0. The quantitative estimate of drug-likeness (QED) is 0.830. The van der Waals surface area contributed by atoms with E-state index in [1.165, 1.54) is 16.8 Å². The van der Waals surface area contributed by atoms with Crippen LogP contribution in [-0.4, -0.2) is 47.9 Å². The van der Waals surface area contributed by atoms with E-state index in [2.05, 4.69) is 29.8 Å². The van der Waals surface area contributed by atoms with Gasteiger partial charge < -0.3 is 4.90 Å². The van der Waals surface area contributed by atoms with Gasteiger partial charge in [-0.25, -0.2) is 0 Å². The topological polar surface area (TPSA) is 36.4 Å². The number of amides is 1. The number of hydrogen-bond acceptors (Lipinski definition) is 3. The van der Waals surface area contributed by atoms with Crippen LogP contribution in [0.25, 0.3) is 0 Å². The van der Waals surface area contributed by atoms with Crippen molar-refractivity contribution in [3.8, 4) is 0 Å². The minimum absolute atomic E-state index is 0.163. The van der Waals surface area contributed by atoms with E-state index < -0.39 is 0 Å². The monoisotopic (exact) mass is 261 g/mol. The molecule has 0 bridgehead atoms. The van der Waals surface area contributed by atoms with Crippen molar-refractivity contribution in [1.29, 1.82) is 0 Å². The van der Waals surface area contributed by atoms with Crippen molar-refractivity contribution in [2.24, 2.45) is 0 Å². The number of rotatable bonds is 3. The lowest BCUT2D eigenvalue weighted by molar-refractivity contribution is -0.130. The van der Waals surface area contributed by atoms with E-state index in [0.717, 1.165) is 19.5 Å². The summed E-state index contributed by atoms with van der Waals surface area (Å²) in [6, 6.07) is 2.25. The molecule has 0 aliphatic carbocycles. The molecular formula is C15H23N3O. The predicted molar refractivity (Wildman–Crippen MR) is 76.0 cm³/mol. The first-order valence-electron chi connectivity index (χ1n) is 6.87. The average molecular weight is 261 g/mol. The zero-order valence-corrected chi connectivity index (χ0v) is 12.3. The predicted octanol–water partition coefficient (Wildman–Crippen LogP) is 1.65. The highest BCUT2D eigenvalue weighted by atomic mass is 16.2. The summed E-state index contributed by atoms with van der Waals surface area (Å²) in [6.45, 7) is 6.61. The number of fused-ring (bicyclic) bond motifs is 1. The lowest BCUT2D eigenvalue weighted by Gasteiger charge is -2.29. The van der Waals surface area contributed by atoms with Crippen LogP contribution < -0.4 is 0 Å². The molecule has 1 amide bonds. The first-order chi connectivity index (χ1) is 8.97. The summed E-state index contributed by atoms with van der Waals surface area (Å²) in [5, 5.41) is 0. The van der Waals surface area contributed by atoms with Gasteiger partial charge in [0.25, 0.3) is 0 Å². The molecule has 19 heavy (non-hydrogen) atoms. The number of pyridine rings is 1. The van der Waals surface area contributed by atoms with E-state index in [4.69, 9.17) is 0 Å². The highest BCUT2D eigenvalue weighted by Crippen LogP contribution is 2.21. The number of carbonyl (C=O) groups excluding carboxylic acids is 1. The van der Waals surface area contributed by atoms with Gasteiger partial charge in [0.15, 0.2) is 0 Å². The van der Waals surface area contributed by atoms with Crippen LogP contribution in [0, 0.1) is 0 Å². The Balaban J connectivity index is 2.09. The fourth-order valence-electron chi connectivity index (χ4n) is 2.29.